The second-order valence-electron chi connectivity index (χ2n) is 2.26. The molecule has 1 N–H and O–H groups in total. The molecule has 72 valence electrons. The number of carbonyl (C=O) groups is 1. The average Bonchev–Trinajstić information content (AvgIpc) is 2.10. The number of nitrogens with one attached hydrogen (secondary N) is 1. The Bertz CT molecular complexity index is 133. The van der Waals surface area contributed by atoms with Gasteiger partial charge in [-0.2, -0.15) is 25.3 Å². The molecule has 0 heterocycles. The van der Waals surface area contributed by atoms with Crippen LogP contribution in [0.15, 0.2) is 0 Å². The van der Waals surface area contributed by atoms with Gasteiger partial charge in [0.2, 0.25) is 0 Å². The molecule has 0 aliphatic rings. The quantitative estimate of drug-likeness (QED) is 0.576. The lowest BCUT2D eigenvalue weighted by Crippen LogP contribution is -2.41. The molecule has 0 spiro atoms. The van der Waals surface area contributed by atoms with Crippen molar-refractivity contribution in [2.45, 2.75) is 6.92 Å². The van der Waals surface area contributed by atoms with Gasteiger partial charge in [-0.05, 0) is 6.92 Å². The number of amides is 2. The van der Waals surface area contributed by atoms with Crippen molar-refractivity contribution in [2.75, 3.05) is 31.1 Å². The van der Waals surface area contributed by atoms with Gasteiger partial charge >= 0.3 is 6.03 Å². The topological polar surface area (TPSA) is 32.3 Å². The van der Waals surface area contributed by atoms with Crippen molar-refractivity contribution < 1.29 is 4.79 Å². The first kappa shape index (κ1) is 12.0. The maximum Gasteiger partial charge on any atom is 0.317 e. The van der Waals surface area contributed by atoms with Crippen LogP contribution in [0.4, 0.5) is 4.79 Å². The van der Waals surface area contributed by atoms with Crippen molar-refractivity contribution in [1.82, 2.24) is 10.2 Å². The fourth-order valence-corrected chi connectivity index (χ4v) is 1.15. The summed E-state index contributed by atoms with van der Waals surface area (Å²) in [5.41, 5.74) is 0. The molecular formula is C7H16N2OS2. The molecule has 0 fully saturated rings. The van der Waals surface area contributed by atoms with Gasteiger partial charge < -0.3 is 10.2 Å². The number of thiol groups is 2. The zero-order valence-electron chi connectivity index (χ0n) is 7.29. The zero-order valence-corrected chi connectivity index (χ0v) is 9.07. The minimum absolute atomic E-state index is 0.0272. The monoisotopic (exact) mass is 208 g/mol. The van der Waals surface area contributed by atoms with Crippen LogP contribution in [-0.2, 0) is 0 Å². The van der Waals surface area contributed by atoms with E-state index < -0.39 is 0 Å². The van der Waals surface area contributed by atoms with Crippen molar-refractivity contribution in [3.63, 3.8) is 0 Å². The Balaban J connectivity index is 3.69. The number of urea groups is 1. The van der Waals surface area contributed by atoms with E-state index in [-0.39, 0.29) is 6.03 Å². The van der Waals surface area contributed by atoms with Gasteiger partial charge in [-0.25, -0.2) is 4.79 Å². The molecule has 0 aliphatic heterocycles. The van der Waals surface area contributed by atoms with Crippen molar-refractivity contribution >= 4 is 31.3 Å². The van der Waals surface area contributed by atoms with E-state index in [0.717, 1.165) is 6.54 Å². The van der Waals surface area contributed by atoms with E-state index in [1.165, 1.54) is 0 Å². The van der Waals surface area contributed by atoms with Crippen LogP contribution in [-0.4, -0.2) is 42.1 Å². The van der Waals surface area contributed by atoms with E-state index in [1.807, 2.05) is 6.92 Å². The minimum Gasteiger partial charge on any atom is -0.337 e. The molecule has 5 heteroatoms. The standard InChI is InChI=1S/C7H16N2OS2/c1-2-9(4-6-12)7(10)8-3-5-11/h11-12H,2-6H2,1H3,(H,8,10). The summed E-state index contributed by atoms with van der Waals surface area (Å²) >= 11 is 8.06. The predicted molar refractivity (Wildman–Crippen MR) is 58.4 cm³/mol. The summed E-state index contributed by atoms with van der Waals surface area (Å²) in [5, 5.41) is 2.74. The summed E-state index contributed by atoms with van der Waals surface area (Å²) in [4.78, 5) is 13.0. The average molecular weight is 208 g/mol. The van der Waals surface area contributed by atoms with Crippen LogP contribution >= 0.6 is 25.3 Å². The Labute approximate surface area is 84.7 Å². The number of hydrogen-bond acceptors (Lipinski definition) is 3. The Hall–Kier alpha value is -0.0300. The second kappa shape index (κ2) is 7.61. The van der Waals surface area contributed by atoms with Gasteiger partial charge in [0.25, 0.3) is 0 Å². The van der Waals surface area contributed by atoms with Crippen LogP contribution in [0.2, 0.25) is 0 Å². The maximum absolute atomic E-state index is 11.3. The summed E-state index contributed by atoms with van der Waals surface area (Å²) in [5.74, 6) is 1.37. The first-order chi connectivity index (χ1) is 5.76. The molecule has 0 saturated carbocycles. The molecule has 2 amide bonds. The molecule has 0 aromatic carbocycles. The summed E-state index contributed by atoms with van der Waals surface area (Å²) in [7, 11) is 0. The highest BCUT2D eigenvalue weighted by atomic mass is 32.1. The molecule has 0 aliphatic carbocycles. The summed E-state index contributed by atoms with van der Waals surface area (Å²) < 4.78 is 0. The van der Waals surface area contributed by atoms with Gasteiger partial charge in [0.05, 0.1) is 0 Å². The van der Waals surface area contributed by atoms with Crippen LogP contribution in [0.3, 0.4) is 0 Å². The van der Waals surface area contributed by atoms with E-state index >= 15 is 0 Å². The Morgan fingerprint density at radius 1 is 1.42 bits per heavy atom. The van der Waals surface area contributed by atoms with Crippen molar-refractivity contribution in [3.05, 3.63) is 0 Å². The van der Waals surface area contributed by atoms with E-state index in [0.29, 0.717) is 24.6 Å². The lowest BCUT2D eigenvalue weighted by atomic mass is 10.5. The van der Waals surface area contributed by atoms with Crippen LogP contribution in [0, 0.1) is 0 Å². The van der Waals surface area contributed by atoms with Crippen LogP contribution in [0.5, 0.6) is 0 Å². The Morgan fingerprint density at radius 3 is 2.50 bits per heavy atom. The lowest BCUT2D eigenvalue weighted by Gasteiger charge is -2.19. The second-order valence-corrected chi connectivity index (χ2v) is 3.15. The predicted octanol–water partition coefficient (Wildman–Crippen LogP) is 0.877. The number of rotatable bonds is 5. The number of hydrogen-bond donors (Lipinski definition) is 3. The van der Waals surface area contributed by atoms with Gasteiger partial charge in [0.1, 0.15) is 0 Å². The summed E-state index contributed by atoms with van der Waals surface area (Å²) in [6, 6.07) is -0.0272. The van der Waals surface area contributed by atoms with E-state index in [4.69, 9.17) is 0 Å². The fourth-order valence-electron chi connectivity index (χ4n) is 0.799. The van der Waals surface area contributed by atoms with Crippen molar-refractivity contribution in [1.29, 1.82) is 0 Å². The first-order valence-electron chi connectivity index (χ1n) is 4.00. The molecule has 0 bridgehead atoms. The molecular weight excluding hydrogens is 192 g/mol. The smallest absolute Gasteiger partial charge is 0.317 e. The molecule has 0 radical (unpaired) electrons. The normalized spacial score (nSPS) is 9.58. The summed E-state index contributed by atoms with van der Waals surface area (Å²) in [6.45, 7) is 3.98. The summed E-state index contributed by atoms with van der Waals surface area (Å²) in [6.07, 6.45) is 0. The highest BCUT2D eigenvalue weighted by molar-refractivity contribution is 7.80. The first-order valence-corrected chi connectivity index (χ1v) is 5.27. The van der Waals surface area contributed by atoms with Gasteiger partial charge in [-0.1, -0.05) is 0 Å². The third kappa shape index (κ3) is 4.77. The molecule has 0 rings (SSSR count). The molecule has 0 saturated heterocycles. The molecule has 0 aromatic rings. The molecule has 0 atom stereocenters. The largest absolute Gasteiger partial charge is 0.337 e. The van der Waals surface area contributed by atoms with Gasteiger partial charge in [0.15, 0.2) is 0 Å². The van der Waals surface area contributed by atoms with Crippen molar-refractivity contribution in [3.8, 4) is 0 Å². The highest BCUT2D eigenvalue weighted by Crippen LogP contribution is 1.90. The maximum atomic E-state index is 11.3. The van der Waals surface area contributed by atoms with Gasteiger partial charge in [-0.3, -0.25) is 0 Å². The highest BCUT2D eigenvalue weighted by Gasteiger charge is 2.07. The number of nitrogens with zero attached hydrogens (tertiary/aromatic N) is 1. The van der Waals surface area contributed by atoms with Gasteiger partial charge in [-0.15, -0.1) is 0 Å². The molecule has 3 nitrogen and oxygen atoms in total. The molecule has 0 aromatic heterocycles. The zero-order chi connectivity index (χ0) is 9.40. The fraction of sp³-hybridized carbons (Fsp3) is 0.857. The van der Waals surface area contributed by atoms with E-state index in [1.54, 1.807) is 4.90 Å². The molecule has 12 heavy (non-hydrogen) atoms. The van der Waals surface area contributed by atoms with E-state index in [2.05, 4.69) is 30.6 Å². The Morgan fingerprint density at radius 2 is 2.08 bits per heavy atom. The van der Waals surface area contributed by atoms with Crippen LogP contribution < -0.4 is 5.32 Å². The molecule has 0 unspecified atom stereocenters. The van der Waals surface area contributed by atoms with Crippen LogP contribution in [0.25, 0.3) is 0 Å². The Kier molecular flexibility index (Phi) is 7.59. The van der Waals surface area contributed by atoms with Crippen LogP contribution in [0.1, 0.15) is 6.92 Å². The minimum atomic E-state index is -0.0272. The third-order valence-electron chi connectivity index (χ3n) is 1.43. The third-order valence-corrected chi connectivity index (χ3v) is 1.85. The van der Waals surface area contributed by atoms with Crippen molar-refractivity contribution in [2.24, 2.45) is 0 Å². The SMILES string of the molecule is CCN(CCS)C(=O)NCCS. The van der Waals surface area contributed by atoms with Gasteiger partial charge in [0, 0.05) is 31.1 Å². The lowest BCUT2D eigenvalue weighted by molar-refractivity contribution is 0.204. The number of carbonyl (C=O) groups excluding carboxylic acids is 1. The van der Waals surface area contributed by atoms with E-state index in [9.17, 15) is 4.79 Å².